The van der Waals surface area contributed by atoms with Crippen molar-refractivity contribution in [2.24, 2.45) is 5.73 Å². The molecule has 0 saturated heterocycles. The van der Waals surface area contributed by atoms with E-state index in [1.54, 1.807) is 12.1 Å². The van der Waals surface area contributed by atoms with Gasteiger partial charge in [-0.1, -0.05) is 6.07 Å². The van der Waals surface area contributed by atoms with Gasteiger partial charge in [-0.05, 0) is 25.1 Å². The summed E-state index contributed by atoms with van der Waals surface area (Å²) >= 11 is 0. The van der Waals surface area contributed by atoms with E-state index in [4.69, 9.17) is 10.5 Å². The Morgan fingerprint density at radius 3 is 2.35 bits per heavy atom. The van der Waals surface area contributed by atoms with Gasteiger partial charge in [-0.3, -0.25) is 0 Å². The minimum Gasteiger partial charge on any atom is -0.493 e. The number of ether oxygens (including phenoxy) is 2. The lowest BCUT2D eigenvalue weighted by atomic mass is 10.3. The molecular formula is C11H14F3NO2. The minimum atomic E-state index is -4.34. The highest BCUT2D eigenvalue weighted by atomic mass is 19.4. The molecule has 0 saturated carbocycles. The molecule has 96 valence electrons. The van der Waals surface area contributed by atoms with E-state index in [-0.39, 0.29) is 5.75 Å². The largest absolute Gasteiger partial charge is 0.493 e. The standard InChI is InChI=1S/C11H14F3NO2/c12-11(13,14)8-17-10-4-1-3-9(7-10)16-6-2-5-15/h1,3-4,7H,2,5-6,8,15H2. The van der Waals surface area contributed by atoms with Crippen molar-refractivity contribution in [2.75, 3.05) is 19.8 Å². The minimum absolute atomic E-state index is 0.132. The van der Waals surface area contributed by atoms with Crippen LogP contribution in [0.4, 0.5) is 13.2 Å². The van der Waals surface area contributed by atoms with Gasteiger partial charge in [0, 0.05) is 6.07 Å². The lowest BCUT2D eigenvalue weighted by molar-refractivity contribution is -0.153. The first-order chi connectivity index (χ1) is 8.01. The summed E-state index contributed by atoms with van der Waals surface area (Å²) < 4.78 is 45.6. The third kappa shape index (κ3) is 6.01. The Morgan fingerprint density at radius 1 is 1.12 bits per heavy atom. The Morgan fingerprint density at radius 2 is 1.76 bits per heavy atom. The summed E-state index contributed by atoms with van der Waals surface area (Å²) in [6.45, 7) is -0.372. The molecule has 1 aromatic carbocycles. The van der Waals surface area contributed by atoms with Gasteiger partial charge in [-0.25, -0.2) is 0 Å². The van der Waals surface area contributed by atoms with E-state index in [9.17, 15) is 13.2 Å². The molecule has 0 heterocycles. The molecular weight excluding hydrogens is 235 g/mol. The molecule has 17 heavy (non-hydrogen) atoms. The van der Waals surface area contributed by atoms with Crippen molar-refractivity contribution in [3.8, 4) is 11.5 Å². The smallest absolute Gasteiger partial charge is 0.422 e. The maximum absolute atomic E-state index is 11.9. The zero-order chi connectivity index (χ0) is 12.7. The number of hydrogen-bond donors (Lipinski definition) is 1. The van der Waals surface area contributed by atoms with Crippen molar-refractivity contribution in [2.45, 2.75) is 12.6 Å². The molecule has 1 aromatic rings. The quantitative estimate of drug-likeness (QED) is 0.787. The van der Waals surface area contributed by atoms with Crippen LogP contribution in [0.2, 0.25) is 0 Å². The molecule has 0 unspecified atom stereocenters. The second kappa shape index (κ2) is 6.34. The first-order valence-corrected chi connectivity index (χ1v) is 5.14. The van der Waals surface area contributed by atoms with Gasteiger partial charge in [0.1, 0.15) is 11.5 Å². The fourth-order valence-corrected chi connectivity index (χ4v) is 1.09. The van der Waals surface area contributed by atoms with Gasteiger partial charge in [0.15, 0.2) is 6.61 Å². The van der Waals surface area contributed by atoms with Crippen LogP contribution in [0.1, 0.15) is 6.42 Å². The van der Waals surface area contributed by atoms with Gasteiger partial charge in [0.2, 0.25) is 0 Å². The Labute approximate surface area is 97.3 Å². The maximum atomic E-state index is 11.9. The number of halogens is 3. The zero-order valence-electron chi connectivity index (χ0n) is 9.17. The molecule has 1 rings (SSSR count). The third-order valence-corrected chi connectivity index (χ3v) is 1.83. The Kier molecular flexibility index (Phi) is 5.09. The average Bonchev–Trinajstić information content (AvgIpc) is 2.27. The SMILES string of the molecule is NCCCOc1cccc(OCC(F)(F)F)c1. The van der Waals surface area contributed by atoms with E-state index in [2.05, 4.69) is 4.74 Å². The van der Waals surface area contributed by atoms with Crippen LogP contribution >= 0.6 is 0 Å². The molecule has 0 aliphatic rings. The van der Waals surface area contributed by atoms with Gasteiger partial charge in [-0.2, -0.15) is 13.2 Å². The summed E-state index contributed by atoms with van der Waals surface area (Å²) in [4.78, 5) is 0. The van der Waals surface area contributed by atoms with Gasteiger partial charge < -0.3 is 15.2 Å². The van der Waals surface area contributed by atoms with E-state index in [1.165, 1.54) is 12.1 Å². The predicted octanol–water partition coefficient (Wildman–Crippen LogP) is 2.36. The van der Waals surface area contributed by atoms with Crippen LogP contribution in [-0.4, -0.2) is 25.9 Å². The fraction of sp³-hybridized carbons (Fsp3) is 0.455. The van der Waals surface area contributed by atoms with Crippen molar-refractivity contribution < 1.29 is 22.6 Å². The highest BCUT2D eigenvalue weighted by Gasteiger charge is 2.28. The van der Waals surface area contributed by atoms with Crippen molar-refractivity contribution >= 4 is 0 Å². The lowest BCUT2D eigenvalue weighted by Gasteiger charge is -2.10. The van der Waals surface area contributed by atoms with E-state index in [0.717, 1.165) is 0 Å². The second-order valence-electron chi connectivity index (χ2n) is 3.37. The first-order valence-electron chi connectivity index (χ1n) is 5.14. The van der Waals surface area contributed by atoms with Crippen molar-refractivity contribution in [1.29, 1.82) is 0 Å². The van der Waals surface area contributed by atoms with Crippen LogP contribution in [0.5, 0.6) is 11.5 Å². The van der Waals surface area contributed by atoms with Crippen LogP contribution in [0, 0.1) is 0 Å². The second-order valence-corrected chi connectivity index (χ2v) is 3.37. The summed E-state index contributed by atoms with van der Waals surface area (Å²) in [6, 6.07) is 6.09. The molecule has 0 radical (unpaired) electrons. The maximum Gasteiger partial charge on any atom is 0.422 e. The van der Waals surface area contributed by atoms with Crippen molar-refractivity contribution in [3.63, 3.8) is 0 Å². The number of hydrogen-bond acceptors (Lipinski definition) is 3. The Bertz CT molecular complexity index is 342. The van der Waals surface area contributed by atoms with Gasteiger partial charge in [0.25, 0.3) is 0 Å². The molecule has 0 bridgehead atoms. The molecule has 0 amide bonds. The molecule has 0 aliphatic carbocycles. The van der Waals surface area contributed by atoms with Crippen LogP contribution in [0.3, 0.4) is 0 Å². The van der Waals surface area contributed by atoms with E-state index in [0.29, 0.717) is 25.3 Å². The highest BCUT2D eigenvalue weighted by molar-refractivity contribution is 5.32. The zero-order valence-corrected chi connectivity index (χ0v) is 9.17. The molecule has 2 N–H and O–H groups in total. The predicted molar refractivity (Wildman–Crippen MR) is 57.2 cm³/mol. The van der Waals surface area contributed by atoms with Gasteiger partial charge >= 0.3 is 6.18 Å². The summed E-state index contributed by atoms with van der Waals surface area (Å²) in [5, 5.41) is 0. The average molecular weight is 249 g/mol. The summed E-state index contributed by atoms with van der Waals surface area (Å²) in [7, 11) is 0. The molecule has 0 fully saturated rings. The topological polar surface area (TPSA) is 44.5 Å². The Balaban J connectivity index is 2.48. The molecule has 3 nitrogen and oxygen atoms in total. The molecule has 0 spiro atoms. The fourth-order valence-electron chi connectivity index (χ4n) is 1.09. The monoisotopic (exact) mass is 249 g/mol. The van der Waals surface area contributed by atoms with E-state index < -0.39 is 12.8 Å². The van der Waals surface area contributed by atoms with E-state index >= 15 is 0 Å². The van der Waals surface area contributed by atoms with Crippen LogP contribution < -0.4 is 15.2 Å². The normalized spacial score (nSPS) is 11.3. The van der Waals surface area contributed by atoms with Crippen LogP contribution in [0.25, 0.3) is 0 Å². The lowest BCUT2D eigenvalue weighted by Crippen LogP contribution is -2.19. The number of alkyl halides is 3. The molecule has 0 atom stereocenters. The van der Waals surface area contributed by atoms with Crippen molar-refractivity contribution in [1.82, 2.24) is 0 Å². The number of nitrogens with two attached hydrogens (primary N) is 1. The molecule has 6 heteroatoms. The summed E-state index contributed by atoms with van der Waals surface area (Å²) in [5.41, 5.74) is 5.29. The number of benzene rings is 1. The van der Waals surface area contributed by atoms with Gasteiger partial charge in [0.05, 0.1) is 6.61 Å². The highest BCUT2D eigenvalue weighted by Crippen LogP contribution is 2.22. The third-order valence-electron chi connectivity index (χ3n) is 1.83. The summed E-state index contributed by atoms with van der Waals surface area (Å²) in [6.07, 6.45) is -3.65. The van der Waals surface area contributed by atoms with Crippen LogP contribution in [-0.2, 0) is 0 Å². The van der Waals surface area contributed by atoms with E-state index in [1.807, 2.05) is 0 Å². The van der Waals surface area contributed by atoms with Gasteiger partial charge in [-0.15, -0.1) is 0 Å². The Hall–Kier alpha value is -1.43. The molecule has 0 aliphatic heterocycles. The van der Waals surface area contributed by atoms with Crippen molar-refractivity contribution in [3.05, 3.63) is 24.3 Å². The van der Waals surface area contributed by atoms with Crippen LogP contribution in [0.15, 0.2) is 24.3 Å². The number of rotatable bonds is 6. The first kappa shape index (κ1) is 13.6. The molecule has 0 aromatic heterocycles. The summed E-state index contributed by atoms with van der Waals surface area (Å²) in [5.74, 6) is 0.602.